The molecule has 0 radical (unpaired) electrons. The van der Waals surface area contributed by atoms with Crippen LogP contribution in [0.5, 0.6) is 0 Å². The first kappa shape index (κ1) is 14.6. The van der Waals surface area contributed by atoms with E-state index in [1.807, 2.05) is 0 Å². The summed E-state index contributed by atoms with van der Waals surface area (Å²) < 4.78 is 0. The van der Waals surface area contributed by atoms with Crippen molar-refractivity contribution >= 4 is 5.91 Å². The van der Waals surface area contributed by atoms with E-state index in [-0.39, 0.29) is 18.4 Å². The molecule has 2 aliphatic rings. The van der Waals surface area contributed by atoms with Crippen molar-refractivity contribution in [3.63, 3.8) is 0 Å². The van der Waals surface area contributed by atoms with Gasteiger partial charge in [0.05, 0.1) is 18.1 Å². The first-order valence-corrected chi connectivity index (χ1v) is 8.08. The van der Waals surface area contributed by atoms with Gasteiger partial charge >= 0.3 is 0 Å². The number of amides is 1. The number of carbonyl (C=O) groups is 1. The molecule has 2 unspecified atom stereocenters. The number of fused-ring (bicyclic) bond motifs is 1. The molecular weight excluding hydrogens is 262 g/mol. The topological polar surface area (TPSA) is 49.3 Å². The second-order valence-electron chi connectivity index (χ2n) is 7.04. The SMILES string of the molecule is Cc1ccc2c(c1)C(NC(=O)CC1(O)CCCC1)C(C)C2. The minimum absolute atomic E-state index is 0.00870. The maximum atomic E-state index is 12.3. The van der Waals surface area contributed by atoms with E-state index >= 15 is 0 Å². The highest BCUT2D eigenvalue weighted by Gasteiger charge is 2.36. The van der Waals surface area contributed by atoms with Crippen LogP contribution < -0.4 is 5.32 Å². The molecule has 1 aromatic carbocycles. The lowest BCUT2D eigenvalue weighted by Crippen LogP contribution is -2.37. The minimum atomic E-state index is -0.763. The van der Waals surface area contributed by atoms with Gasteiger partial charge in [0.15, 0.2) is 0 Å². The van der Waals surface area contributed by atoms with Crippen LogP contribution in [0.4, 0.5) is 0 Å². The van der Waals surface area contributed by atoms with Gasteiger partial charge in [-0.2, -0.15) is 0 Å². The molecule has 0 aliphatic heterocycles. The van der Waals surface area contributed by atoms with E-state index in [1.165, 1.54) is 16.7 Å². The van der Waals surface area contributed by atoms with E-state index < -0.39 is 5.60 Å². The summed E-state index contributed by atoms with van der Waals surface area (Å²) in [6.45, 7) is 4.27. The quantitative estimate of drug-likeness (QED) is 0.897. The zero-order valence-corrected chi connectivity index (χ0v) is 13.0. The number of carbonyl (C=O) groups excluding carboxylic acids is 1. The van der Waals surface area contributed by atoms with Crippen LogP contribution >= 0.6 is 0 Å². The van der Waals surface area contributed by atoms with Gasteiger partial charge in [0.25, 0.3) is 0 Å². The first-order valence-electron chi connectivity index (χ1n) is 8.08. The molecule has 1 saturated carbocycles. The fourth-order valence-electron chi connectivity index (χ4n) is 3.91. The van der Waals surface area contributed by atoms with E-state index in [2.05, 4.69) is 37.4 Å². The van der Waals surface area contributed by atoms with E-state index in [0.717, 1.165) is 32.1 Å². The Kier molecular flexibility index (Phi) is 3.78. The summed E-state index contributed by atoms with van der Waals surface area (Å²) in [5.74, 6) is 0.412. The highest BCUT2D eigenvalue weighted by Crippen LogP contribution is 2.37. The van der Waals surface area contributed by atoms with Crippen molar-refractivity contribution in [1.29, 1.82) is 0 Å². The summed E-state index contributed by atoms with van der Waals surface area (Å²) >= 11 is 0. The summed E-state index contributed by atoms with van der Waals surface area (Å²) in [5.41, 5.74) is 3.07. The van der Waals surface area contributed by atoms with E-state index in [4.69, 9.17) is 0 Å². The van der Waals surface area contributed by atoms with Crippen molar-refractivity contribution in [2.45, 2.75) is 64.0 Å². The largest absolute Gasteiger partial charge is 0.389 e. The Morgan fingerprint density at radius 1 is 1.38 bits per heavy atom. The number of aryl methyl sites for hydroxylation is 1. The van der Waals surface area contributed by atoms with E-state index in [0.29, 0.717) is 5.92 Å². The molecule has 1 aromatic rings. The zero-order valence-electron chi connectivity index (χ0n) is 13.0. The smallest absolute Gasteiger partial charge is 0.223 e. The van der Waals surface area contributed by atoms with Crippen LogP contribution in [0.2, 0.25) is 0 Å². The highest BCUT2D eigenvalue weighted by atomic mass is 16.3. The molecule has 21 heavy (non-hydrogen) atoms. The predicted molar refractivity (Wildman–Crippen MR) is 83.0 cm³/mol. The Labute approximate surface area is 126 Å². The van der Waals surface area contributed by atoms with Gasteiger partial charge in [-0.25, -0.2) is 0 Å². The molecule has 2 aliphatic carbocycles. The number of nitrogens with one attached hydrogen (secondary N) is 1. The molecule has 0 aromatic heterocycles. The van der Waals surface area contributed by atoms with Crippen molar-refractivity contribution in [1.82, 2.24) is 5.32 Å². The molecule has 1 fully saturated rings. The fourth-order valence-corrected chi connectivity index (χ4v) is 3.91. The van der Waals surface area contributed by atoms with Crippen molar-refractivity contribution in [3.05, 3.63) is 34.9 Å². The molecule has 0 heterocycles. The number of aliphatic hydroxyl groups is 1. The van der Waals surface area contributed by atoms with Gasteiger partial charge in [-0.1, -0.05) is 43.5 Å². The van der Waals surface area contributed by atoms with Gasteiger partial charge in [0.2, 0.25) is 5.91 Å². The third kappa shape index (κ3) is 2.98. The molecule has 3 rings (SSSR count). The average Bonchev–Trinajstić information content (AvgIpc) is 2.95. The molecule has 2 atom stereocenters. The van der Waals surface area contributed by atoms with Crippen LogP contribution in [-0.4, -0.2) is 16.6 Å². The van der Waals surface area contributed by atoms with Crippen LogP contribution in [0.3, 0.4) is 0 Å². The average molecular weight is 287 g/mol. The second-order valence-corrected chi connectivity index (χ2v) is 7.04. The molecule has 114 valence electrons. The van der Waals surface area contributed by atoms with Gasteiger partial charge in [-0.05, 0) is 43.2 Å². The van der Waals surface area contributed by atoms with Crippen LogP contribution in [0.15, 0.2) is 18.2 Å². The Bertz CT molecular complexity index is 546. The highest BCUT2D eigenvalue weighted by molar-refractivity contribution is 5.78. The number of benzene rings is 1. The summed E-state index contributed by atoms with van der Waals surface area (Å²) in [6, 6.07) is 6.60. The molecule has 0 spiro atoms. The van der Waals surface area contributed by atoms with Crippen molar-refractivity contribution in [3.8, 4) is 0 Å². The summed E-state index contributed by atoms with van der Waals surface area (Å²) in [7, 11) is 0. The van der Waals surface area contributed by atoms with Crippen LogP contribution in [0.1, 0.15) is 61.8 Å². The van der Waals surface area contributed by atoms with Gasteiger partial charge in [0.1, 0.15) is 0 Å². The second kappa shape index (κ2) is 5.45. The maximum absolute atomic E-state index is 12.3. The summed E-state index contributed by atoms with van der Waals surface area (Å²) in [6.07, 6.45) is 4.85. The van der Waals surface area contributed by atoms with Gasteiger partial charge < -0.3 is 10.4 Å². The van der Waals surface area contributed by atoms with Gasteiger partial charge in [-0.15, -0.1) is 0 Å². The molecule has 0 bridgehead atoms. The van der Waals surface area contributed by atoms with Crippen molar-refractivity contribution in [2.24, 2.45) is 5.92 Å². The Hall–Kier alpha value is -1.35. The van der Waals surface area contributed by atoms with Crippen molar-refractivity contribution < 1.29 is 9.90 Å². The minimum Gasteiger partial charge on any atom is -0.389 e. The van der Waals surface area contributed by atoms with Crippen molar-refractivity contribution in [2.75, 3.05) is 0 Å². The molecule has 1 amide bonds. The monoisotopic (exact) mass is 287 g/mol. The van der Waals surface area contributed by atoms with Crippen LogP contribution in [0.25, 0.3) is 0 Å². The molecule has 2 N–H and O–H groups in total. The third-order valence-corrected chi connectivity index (χ3v) is 5.09. The number of rotatable bonds is 3. The van der Waals surface area contributed by atoms with Gasteiger partial charge in [0, 0.05) is 0 Å². The zero-order chi connectivity index (χ0) is 15.0. The van der Waals surface area contributed by atoms with Crippen LogP contribution in [0, 0.1) is 12.8 Å². The molecular formula is C18H25NO2. The predicted octanol–water partition coefficient (Wildman–Crippen LogP) is 3.04. The first-order chi connectivity index (χ1) is 9.97. The summed E-state index contributed by atoms with van der Waals surface area (Å²) in [5, 5.41) is 13.5. The molecule has 0 saturated heterocycles. The standard InChI is InChI=1S/C18H25NO2/c1-12-5-6-14-10-13(2)17(15(14)9-12)19-16(20)11-18(21)7-3-4-8-18/h5-6,9,13,17,21H,3-4,7-8,10-11H2,1-2H3,(H,19,20). The normalized spacial score (nSPS) is 26.6. The number of hydrogen-bond acceptors (Lipinski definition) is 2. The lowest BCUT2D eigenvalue weighted by Gasteiger charge is -2.24. The lowest BCUT2D eigenvalue weighted by atomic mass is 9.96. The van der Waals surface area contributed by atoms with E-state index in [1.54, 1.807) is 0 Å². The van der Waals surface area contributed by atoms with Gasteiger partial charge in [-0.3, -0.25) is 4.79 Å². The third-order valence-electron chi connectivity index (χ3n) is 5.09. The maximum Gasteiger partial charge on any atom is 0.223 e. The Morgan fingerprint density at radius 3 is 2.81 bits per heavy atom. The molecule has 3 heteroatoms. The lowest BCUT2D eigenvalue weighted by molar-refractivity contribution is -0.126. The molecule has 3 nitrogen and oxygen atoms in total. The Morgan fingerprint density at radius 2 is 2.10 bits per heavy atom. The van der Waals surface area contributed by atoms with Crippen LogP contribution in [-0.2, 0) is 11.2 Å². The number of hydrogen-bond donors (Lipinski definition) is 2. The fraction of sp³-hybridized carbons (Fsp3) is 0.611. The summed E-state index contributed by atoms with van der Waals surface area (Å²) in [4.78, 5) is 12.3. The van der Waals surface area contributed by atoms with E-state index in [9.17, 15) is 9.90 Å². The Balaban J connectivity index is 1.70.